The fourth-order valence-electron chi connectivity index (χ4n) is 11.8. The molecule has 40 heavy (non-hydrogen) atoms. The minimum atomic E-state index is -0.872. The van der Waals surface area contributed by atoms with Crippen LogP contribution in [0.4, 0.5) is 0 Å². The van der Waals surface area contributed by atoms with Gasteiger partial charge in [-0.2, -0.15) is 0 Å². The Morgan fingerprint density at radius 3 is 2.00 bits per heavy atom. The molecule has 0 bridgehead atoms. The maximum absolute atomic E-state index is 12.6. The smallest absolute Gasteiger partial charge is 0.302 e. The van der Waals surface area contributed by atoms with E-state index in [0.717, 1.165) is 57.8 Å². The first-order chi connectivity index (χ1) is 18.3. The predicted molar refractivity (Wildman–Crippen MR) is 154 cm³/mol. The highest BCUT2D eigenvalue weighted by atomic mass is 16.6. The van der Waals surface area contributed by atoms with E-state index in [-0.39, 0.29) is 69.3 Å². The lowest BCUT2D eigenvalue weighted by Gasteiger charge is -2.70. The molecule has 0 aromatic carbocycles. The fourth-order valence-corrected chi connectivity index (χ4v) is 11.8. The zero-order chi connectivity index (χ0) is 29.7. The van der Waals surface area contributed by atoms with E-state index in [2.05, 4.69) is 41.5 Å². The molecule has 1 N–H and O–H groups in total. The van der Waals surface area contributed by atoms with Crippen molar-refractivity contribution in [3.63, 3.8) is 0 Å². The monoisotopic (exact) mass is 560 g/mol. The van der Waals surface area contributed by atoms with Crippen molar-refractivity contribution in [3.8, 4) is 0 Å². The molecule has 228 valence electrons. The Kier molecular flexibility index (Phi) is 7.15. The highest BCUT2D eigenvalue weighted by molar-refractivity contribution is 5.66. The molecule has 0 unspecified atom stereocenters. The molecule has 1 saturated heterocycles. The summed E-state index contributed by atoms with van der Waals surface area (Å²) in [6, 6.07) is 0. The average Bonchev–Trinajstić information content (AvgIpc) is 3.39. The Morgan fingerprint density at radius 2 is 1.43 bits per heavy atom. The first-order valence-corrected chi connectivity index (χ1v) is 16.0. The molecule has 1 aliphatic heterocycles. The summed E-state index contributed by atoms with van der Waals surface area (Å²) < 4.78 is 19.0. The van der Waals surface area contributed by atoms with Gasteiger partial charge in [-0.25, -0.2) is 0 Å². The van der Waals surface area contributed by atoms with Gasteiger partial charge in [-0.3, -0.25) is 9.59 Å². The van der Waals surface area contributed by atoms with E-state index in [0.29, 0.717) is 11.8 Å². The molecular weight excluding hydrogens is 504 g/mol. The van der Waals surface area contributed by atoms with Crippen LogP contribution >= 0.6 is 0 Å². The molecule has 0 amide bonds. The van der Waals surface area contributed by atoms with Crippen molar-refractivity contribution >= 4 is 11.9 Å². The topological polar surface area (TPSA) is 82.1 Å². The van der Waals surface area contributed by atoms with E-state index >= 15 is 0 Å². The third-order valence-corrected chi connectivity index (χ3v) is 13.8. The van der Waals surface area contributed by atoms with E-state index in [9.17, 15) is 14.7 Å². The first-order valence-electron chi connectivity index (χ1n) is 16.0. The van der Waals surface area contributed by atoms with E-state index in [1.807, 2.05) is 13.8 Å². The molecule has 5 aliphatic rings. The lowest BCUT2D eigenvalue weighted by atomic mass is 9.35. The summed E-state index contributed by atoms with van der Waals surface area (Å²) in [4.78, 5) is 24.6. The van der Waals surface area contributed by atoms with Crippen molar-refractivity contribution in [2.75, 3.05) is 0 Å². The second kappa shape index (κ2) is 9.43. The number of carbonyl (C=O) groups is 2. The van der Waals surface area contributed by atoms with Gasteiger partial charge in [0.1, 0.15) is 12.2 Å². The van der Waals surface area contributed by atoms with E-state index in [4.69, 9.17) is 14.2 Å². The number of ether oxygens (including phenoxy) is 3. The zero-order valence-electron chi connectivity index (χ0n) is 26.9. The van der Waals surface area contributed by atoms with Crippen LogP contribution in [0.5, 0.6) is 0 Å². The second-order valence-electron chi connectivity index (χ2n) is 16.6. The Hall–Kier alpha value is -1.14. The minimum absolute atomic E-state index is 0.0186. The van der Waals surface area contributed by atoms with Crippen LogP contribution in [0, 0.1) is 45.3 Å². The van der Waals surface area contributed by atoms with Gasteiger partial charge in [-0.15, -0.1) is 0 Å². The van der Waals surface area contributed by atoms with Crippen molar-refractivity contribution in [3.05, 3.63) is 0 Å². The van der Waals surface area contributed by atoms with E-state index in [1.165, 1.54) is 6.92 Å². The summed E-state index contributed by atoms with van der Waals surface area (Å²) in [5, 5.41) is 10.8. The van der Waals surface area contributed by atoms with Crippen molar-refractivity contribution in [1.82, 2.24) is 0 Å². The minimum Gasteiger partial charge on any atom is -0.462 e. The van der Waals surface area contributed by atoms with Crippen LogP contribution in [0.1, 0.15) is 127 Å². The summed E-state index contributed by atoms with van der Waals surface area (Å²) in [6.07, 6.45) is 8.68. The molecule has 4 aliphatic carbocycles. The van der Waals surface area contributed by atoms with Gasteiger partial charge in [-0.05, 0) is 113 Å². The van der Waals surface area contributed by atoms with Gasteiger partial charge in [-0.1, -0.05) is 34.6 Å². The van der Waals surface area contributed by atoms with Crippen molar-refractivity contribution in [1.29, 1.82) is 0 Å². The maximum atomic E-state index is 12.6. The van der Waals surface area contributed by atoms with Gasteiger partial charge in [0, 0.05) is 25.2 Å². The molecule has 5 rings (SSSR count). The lowest BCUT2D eigenvalue weighted by Crippen LogP contribution is -2.67. The normalized spacial score (nSPS) is 49.9. The van der Waals surface area contributed by atoms with Crippen LogP contribution in [0.15, 0.2) is 0 Å². The van der Waals surface area contributed by atoms with Crippen LogP contribution in [0.3, 0.4) is 0 Å². The average molecular weight is 561 g/mol. The molecule has 0 spiro atoms. The summed E-state index contributed by atoms with van der Waals surface area (Å²) in [5.74, 6) is 1.00. The summed E-state index contributed by atoms with van der Waals surface area (Å²) >= 11 is 0. The number of hydrogen-bond donors (Lipinski definition) is 1. The molecule has 4 saturated carbocycles. The third kappa shape index (κ3) is 4.31. The molecule has 11 atom stereocenters. The standard InChI is InChI=1S/C34H56O6/c1-20(35)38-23-19-25-31(7)15-13-26(39-21(2)36)29(3,4)24(31)12-17-32(25,8)33(9)16-11-22(28(23)33)34(10)18-14-27(40-34)30(5,6)37/h22-28,37H,11-19H2,1-10H3/t22-,23-,24-,25+,26+,27+,28+,31-,32+,33+,34-/m0/s1. The molecule has 6 heteroatoms. The Balaban J connectivity index is 1.52. The van der Waals surface area contributed by atoms with Crippen LogP contribution < -0.4 is 0 Å². The predicted octanol–water partition coefficient (Wildman–Crippen LogP) is 6.85. The molecule has 5 fully saturated rings. The number of hydrogen-bond acceptors (Lipinski definition) is 6. The largest absolute Gasteiger partial charge is 0.462 e. The van der Waals surface area contributed by atoms with Crippen molar-refractivity contribution in [2.24, 2.45) is 45.3 Å². The quantitative estimate of drug-likeness (QED) is 0.379. The molecule has 0 aromatic rings. The van der Waals surface area contributed by atoms with Gasteiger partial charge in [0.25, 0.3) is 0 Å². The maximum Gasteiger partial charge on any atom is 0.302 e. The Morgan fingerprint density at radius 1 is 0.800 bits per heavy atom. The highest BCUT2D eigenvalue weighted by Crippen LogP contribution is 2.76. The Bertz CT molecular complexity index is 1030. The van der Waals surface area contributed by atoms with E-state index in [1.54, 1.807) is 6.92 Å². The molecular formula is C34H56O6. The van der Waals surface area contributed by atoms with Gasteiger partial charge >= 0.3 is 11.9 Å². The van der Waals surface area contributed by atoms with Crippen molar-refractivity contribution in [2.45, 2.75) is 157 Å². The molecule has 1 heterocycles. The number of esters is 2. The molecule has 0 aromatic heterocycles. The zero-order valence-corrected chi connectivity index (χ0v) is 26.9. The molecule has 6 nitrogen and oxygen atoms in total. The van der Waals surface area contributed by atoms with E-state index < -0.39 is 5.60 Å². The summed E-state index contributed by atoms with van der Waals surface area (Å²) in [7, 11) is 0. The number of carbonyl (C=O) groups excluding carboxylic acids is 2. The van der Waals surface area contributed by atoms with Crippen LogP contribution in [0.25, 0.3) is 0 Å². The van der Waals surface area contributed by atoms with Crippen LogP contribution in [-0.2, 0) is 23.8 Å². The number of fused-ring (bicyclic) bond motifs is 5. The third-order valence-electron chi connectivity index (χ3n) is 13.8. The summed E-state index contributed by atoms with van der Waals surface area (Å²) in [6.45, 7) is 21.2. The van der Waals surface area contributed by atoms with Crippen LogP contribution in [-0.4, -0.2) is 46.6 Å². The van der Waals surface area contributed by atoms with Gasteiger partial charge < -0.3 is 19.3 Å². The molecule has 0 radical (unpaired) electrons. The van der Waals surface area contributed by atoms with Gasteiger partial charge in [0.05, 0.1) is 17.3 Å². The first kappa shape index (κ1) is 30.3. The van der Waals surface area contributed by atoms with Gasteiger partial charge in [0.15, 0.2) is 0 Å². The number of aliphatic hydroxyl groups is 1. The van der Waals surface area contributed by atoms with Crippen molar-refractivity contribution < 1.29 is 28.9 Å². The summed E-state index contributed by atoms with van der Waals surface area (Å²) in [5.41, 5.74) is -1.10. The second-order valence-corrected chi connectivity index (χ2v) is 16.6. The van der Waals surface area contributed by atoms with Crippen LogP contribution in [0.2, 0.25) is 0 Å². The fraction of sp³-hybridized carbons (Fsp3) is 0.941. The Labute approximate surface area is 242 Å². The van der Waals surface area contributed by atoms with Gasteiger partial charge in [0.2, 0.25) is 0 Å². The SMILES string of the molecule is CC(=O)O[C@H]1C[C@@H]2[C@@]3(C)CC[C@@H](OC(C)=O)C(C)(C)[C@@H]3CC[C@@]2(C)[C@]2(C)CC[C@H]([C@]3(C)CC[C@H](C(C)(C)O)O3)[C@H]12. The highest BCUT2D eigenvalue weighted by Gasteiger charge is 2.72. The lowest BCUT2D eigenvalue weighted by molar-refractivity contribution is -0.254. The number of rotatable bonds is 4.